The average Bonchev–Trinajstić information content (AvgIpc) is 3.13. The van der Waals surface area contributed by atoms with Gasteiger partial charge in [-0.2, -0.15) is 0 Å². The molecule has 0 saturated heterocycles. The molecule has 0 aliphatic heterocycles. The first-order valence-corrected chi connectivity index (χ1v) is 8.12. The summed E-state index contributed by atoms with van der Waals surface area (Å²) in [6, 6.07) is 14.3. The van der Waals surface area contributed by atoms with Crippen LogP contribution < -0.4 is 14.8 Å². The Morgan fingerprint density at radius 1 is 1.08 bits per heavy atom. The third kappa shape index (κ3) is 4.00. The second-order valence-corrected chi connectivity index (χ2v) is 5.76. The average molecular weight is 353 g/mol. The highest BCUT2D eigenvalue weighted by atomic mass is 16.5. The molecule has 3 rings (SSSR count). The van der Waals surface area contributed by atoms with E-state index in [-0.39, 0.29) is 17.9 Å². The highest BCUT2D eigenvalue weighted by Gasteiger charge is 2.18. The lowest BCUT2D eigenvalue weighted by Gasteiger charge is -2.13. The van der Waals surface area contributed by atoms with Gasteiger partial charge in [0.15, 0.2) is 0 Å². The summed E-state index contributed by atoms with van der Waals surface area (Å²) in [7, 11) is 1.59. The van der Waals surface area contributed by atoms with E-state index < -0.39 is 5.91 Å². The van der Waals surface area contributed by atoms with Crippen LogP contribution in [0.2, 0.25) is 0 Å². The van der Waals surface area contributed by atoms with Gasteiger partial charge in [0.25, 0.3) is 0 Å². The molecule has 0 bridgehead atoms. The Morgan fingerprint density at radius 2 is 1.81 bits per heavy atom. The Labute approximate surface area is 151 Å². The largest absolute Gasteiger partial charge is 0.497 e. The van der Waals surface area contributed by atoms with Gasteiger partial charge in [-0.1, -0.05) is 12.1 Å². The van der Waals surface area contributed by atoms with Crippen LogP contribution in [0.15, 0.2) is 52.9 Å². The van der Waals surface area contributed by atoms with Crippen LogP contribution in [0.5, 0.6) is 11.5 Å². The lowest BCUT2D eigenvalue weighted by Crippen LogP contribution is -2.14. The molecule has 1 aromatic heterocycles. The van der Waals surface area contributed by atoms with Gasteiger partial charge in [-0.3, -0.25) is 4.79 Å². The molecule has 0 radical (unpaired) electrons. The summed E-state index contributed by atoms with van der Waals surface area (Å²) in [6.45, 7) is 3.83. The molecule has 2 aromatic carbocycles. The molecule has 7 heteroatoms. The maximum atomic E-state index is 12.4. The van der Waals surface area contributed by atoms with Crippen molar-refractivity contribution in [2.24, 2.45) is 0 Å². The number of carbonyl (C=O) groups is 1. The highest BCUT2D eigenvalue weighted by Crippen LogP contribution is 2.26. The molecule has 3 aromatic rings. The van der Waals surface area contributed by atoms with E-state index in [0.717, 1.165) is 0 Å². The van der Waals surface area contributed by atoms with Crippen molar-refractivity contribution >= 4 is 11.6 Å². The molecule has 0 spiro atoms. The van der Waals surface area contributed by atoms with Gasteiger partial charge in [-0.15, -0.1) is 10.2 Å². The van der Waals surface area contributed by atoms with Crippen molar-refractivity contribution in [3.05, 3.63) is 54.4 Å². The number of anilines is 1. The van der Waals surface area contributed by atoms with Crippen LogP contribution in [-0.2, 0) is 0 Å². The normalized spacial score (nSPS) is 10.6. The molecule has 7 nitrogen and oxygen atoms in total. The minimum atomic E-state index is -0.503. The maximum Gasteiger partial charge on any atom is 0.313 e. The molecule has 0 unspecified atom stereocenters. The lowest BCUT2D eigenvalue weighted by atomic mass is 10.2. The molecule has 0 fully saturated rings. The molecule has 1 amide bonds. The molecule has 1 N–H and O–H groups in total. The van der Waals surface area contributed by atoms with Crippen molar-refractivity contribution in [3.63, 3.8) is 0 Å². The van der Waals surface area contributed by atoms with Gasteiger partial charge in [0, 0.05) is 5.56 Å². The number of rotatable bonds is 6. The lowest BCUT2D eigenvalue weighted by molar-refractivity contribution is 0.0990. The van der Waals surface area contributed by atoms with Crippen molar-refractivity contribution in [3.8, 4) is 23.0 Å². The van der Waals surface area contributed by atoms with Crippen LogP contribution >= 0.6 is 0 Å². The second-order valence-electron chi connectivity index (χ2n) is 5.76. The van der Waals surface area contributed by atoms with Crippen molar-refractivity contribution in [1.82, 2.24) is 10.2 Å². The first-order chi connectivity index (χ1) is 12.6. The van der Waals surface area contributed by atoms with Gasteiger partial charge < -0.3 is 19.2 Å². The number of nitrogens with zero attached hydrogens (tertiary/aromatic N) is 2. The first kappa shape index (κ1) is 17.5. The van der Waals surface area contributed by atoms with E-state index >= 15 is 0 Å². The quantitative estimate of drug-likeness (QED) is 0.726. The number of aromatic nitrogens is 2. The third-order valence-electron chi connectivity index (χ3n) is 3.45. The van der Waals surface area contributed by atoms with Gasteiger partial charge in [-0.25, -0.2) is 0 Å². The van der Waals surface area contributed by atoms with E-state index in [1.54, 1.807) is 49.6 Å². The number of carbonyl (C=O) groups excluding carboxylic acids is 1. The van der Waals surface area contributed by atoms with E-state index in [0.29, 0.717) is 22.7 Å². The van der Waals surface area contributed by atoms with Gasteiger partial charge in [0.05, 0.1) is 18.9 Å². The molecule has 134 valence electrons. The van der Waals surface area contributed by atoms with E-state index in [9.17, 15) is 4.79 Å². The number of hydrogen-bond donors (Lipinski definition) is 1. The fourth-order valence-electron chi connectivity index (χ4n) is 2.27. The summed E-state index contributed by atoms with van der Waals surface area (Å²) in [4.78, 5) is 12.4. The molecule has 0 aliphatic carbocycles. The zero-order chi connectivity index (χ0) is 18.5. The number of para-hydroxylation sites is 2. The van der Waals surface area contributed by atoms with Crippen molar-refractivity contribution < 1.29 is 18.7 Å². The summed E-state index contributed by atoms with van der Waals surface area (Å²) < 4.78 is 16.3. The number of hydrogen-bond acceptors (Lipinski definition) is 6. The van der Waals surface area contributed by atoms with Crippen molar-refractivity contribution in [2.45, 2.75) is 20.0 Å². The molecule has 26 heavy (non-hydrogen) atoms. The summed E-state index contributed by atoms with van der Waals surface area (Å²) in [6.07, 6.45) is -0.0156. The third-order valence-corrected chi connectivity index (χ3v) is 3.45. The van der Waals surface area contributed by atoms with Crippen LogP contribution in [-0.4, -0.2) is 29.3 Å². The van der Waals surface area contributed by atoms with Crippen LogP contribution in [0, 0.1) is 0 Å². The fourth-order valence-corrected chi connectivity index (χ4v) is 2.27. The molecule has 0 saturated carbocycles. The standard InChI is InChI=1S/C19H19N3O4/c1-12(2)25-16-7-5-4-6-15(16)20-17(23)19-22-21-18(26-19)13-8-10-14(24-3)11-9-13/h4-12H,1-3H3,(H,20,23). The minimum Gasteiger partial charge on any atom is -0.497 e. The number of amides is 1. The van der Waals surface area contributed by atoms with Crippen LogP contribution in [0.4, 0.5) is 5.69 Å². The molecular weight excluding hydrogens is 334 g/mol. The number of ether oxygens (including phenoxy) is 2. The number of nitrogens with one attached hydrogen (secondary N) is 1. The topological polar surface area (TPSA) is 86.5 Å². The Hall–Kier alpha value is -3.35. The van der Waals surface area contributed by atoms with Crippen LogP contribution in [0.25, 0.3) is 11.5 Å². The molecule has 0 aliphatic rings. The minimum absolute atomic E-state index is 0.0156. The van der Waals surface area contributed by atoms with E-state index in [4.69, 9.17) is 13.9 Å². The fraction of sp³-hybridized carbons (Fsp3) is 0.211. The number of methoxy groups -OCH3 is 1. The summed E-state index contributed by atoms with van der Waals surface area (Å²) in [5.74, 6) is 0.912. The van der Waals surface area contributed by atoms with Crippen LogP contribution in [0.3, 0.4) is 0 Å². The number of benzene rings is 2. The van der Waals surface area contributed by atoms with Crippen molar-refractivity contribution in [2.75, 3.05) is 12.4 Å². The molecule has 0 atom stereocenters. The Morgan fingerprint density at radius 3 is 2.50 bits per heavy atom. The molecule has 1 heterocycles. The predicted octanol–water partition coefficient (Wildman–Crippen LogP) is 3.78. The predicted molar refractivity (Wildman–Crippen MR) is 96.4 cm³/mol. The Balaban J connectivity index is 1.76. The Kier molecular flexibility index (Phi) is 5.17. The van der Waals surface area contributed by atoms with Gasteiger partial charge in [0.2, 0.25) is 5.89 Å². The Bertz CT molecular complexity index is 888. The molecular formula is C19H19N3O4. The van der Waals surface area contributed by atoms with Gasteiger partial charge >= 0.3 is 11.8 Å². The monoisotopic (exact) mass is 353 g/mol. The smallest absolute Gasteiger partial charge is 0.313 e. The second kappa shape index (κ2) is 7.69. The SMILES string of the molecule is COc1ccc(-c2nnc(C(=O)Nc3ccccc3OC(C)C)o2)cc1. The summed E-state index contributed by atoms with van der Waals surface area (Å²) in [5.41, 5.74) is 1.23. The summed E-state index contributed by atoms with van der Waals surface area (Å²) >= 11 is 0. The van der Waals surface area contributed by atoms with E-state index in [1.807, 2.05) is 19.9 Å². The first-order valence-electron chi connectivity index (χ1n) is 8.12. The van der Waals surface area contributed by atoms with E-state index in [1.165, 1.54) is 0 Å². The van der Waals surface area contributed by atoms with Gasteiger partial charge in [0.1, 0.15) is 11.5 Å². The zero-order valence-electron chi connectivity index (χ0n) is 14.7. The highest BCUT2D eigenvalue weighted by molar-refractivity contribution is 6.01. The summed E-state index contributed by atoms with van der Waals surface area (Å²) in [5, 5.41) is 10.5. The van der Waals surface area contributed by atoms with Gasteiger partial charge in [-0.05, 0) is 50.2 Å². The van der Waals surface area contributed by atoms with Crippen LogP contribution in [0.1, 0.15) is 24.5 Å². The van der Waals surface area contributed by atoms with E-state index in [2.05, 4.69) is 15.5 Å². The zero-order valence-corrected chi connectivity index (χ0v) is 14.7. The van der Waals surface area contributed by atoms with Crippen molar-refractivity contribution in [1.29, 1.82) is 0 Å². The maximum absolute atomic E-state index is 12.4.